The summed E-state index contributed by atoms with van der Waals surface area (Å²) in [5.74, 6) is 0.850. The fourth-order valence-electron chi connectivity index (χ4n) is 7.60. The summed E-state index contributed by atoms with van der Waals surface area (Å²) in [5, 5.41) is 11.3. The molecule has 2 heterocycles. The predicted octanol–water partition coefficient (Wildman–Crippen LogP) is 14.2. The van der Waals surface area contributed by atoms with Gasteiger partial charge in [0.2, 0.25) is 0 Å². The number of hydrogen-bond acceptors (Lipinski definition) is 3. The molecule has 8 rings (SSSR count). The number of imidazole rings is 1. The van der Waals surface area contributed by atoms with E-state index in [-0.39, 0.29) is 43.1 Å². The van der Waals surface area contributed by atoms with Crippen LogP contribution in [0.15, 0.2) is 146 Å². The van der Waals surface area contributed by atoms with Crippen LogP contribution in [0.1, 0.15) is 79.0 Å². The van der Waals surface area contributed by atoms with Crippen molar-refractivity contribution in [3.63, 3.8) is 0 Å². The van der Waals surface area contributed by atoms with E-state index < -0.39 is 0 Å². The van der Waals surface area contributed by atoms with E-state index in [4.69, 9.17) is 9.97 Å². The fraction of sp³-hybridized carbons (Fsp3) is 0.222. The Morgan fingerprint density at radius 3 is 1.80 bits per heavy atom. The van der Waals surface area contributed by atoms with Crippen molar-refractivity contribution in [2.75, 3.05) is 0 Å². The maximum atomic E-state index is 11.3. The molecular formula is C54H52N3OPt-. The first-order chi connectivity index (χ1) is 27.5. The van der Waals surface area contributed by atoms with Crippen LogP contribution in [-0.2, 0) is 37.3 Å². The van der Waals surface area contributed by atoms with Gasteiger partial charge in [-0.25, -0.2) is 4.98 Å². The van der Waals surface area contributed by atoms with Gasteiger partial charge in [-0.15, -0.1) is 29.3 Å². The molecule has 0 saturated carbocycles. The minimum atomic E-state index is -0.144. The van der Waals surface area contributed by atoms with Crippen molar-refractivity contribution in [2.45, 2.75) is 78.6 Å². The molecule has 4 nitrogen and oxygen atoms in total. The van der Waals surface area contributed by atoms with Gasteiger partial charge in [-0.3, -0.25) is 9.55 Å². The number of phenols is 1. The van der Waals surface area contributed by atoms with E-state index in [0.29, 0.717) is 11.4 Å². The van der Waals surface area contributed by atoms with Gasteiger partial charge in [0.05, 0.1) is 16.6 Å². The third kappa shape index (κ3) is 8.47. The number of fused-ring (bicyclic) bond motifs is 1. The summed E-state index contributed by atoms with van der Waals surface area (Å²) in [7, 11) is 0. The minimum absolute atomic E-state index is 0. The quantitative estimate of drug-likeness (QED) is 0.169. The van der Waals surface area contributed by atoms with Gasteiger partial charge in [0.25, 0.3) is 0 Å². The Kier molecular flexibility index (Phi) is 11.2. The molecule has 0 aliphatic heterocycles. The van der Waals surface area contributed by atoms with Gasteiger partial charge in [-0.2, -0.15) is 0 Å². The van der Waals surface area contributed by atoms with Crippen molar-refractivity contribution in [3.8, 4) is 67.5 Å². The van der Waals surface area contributed by atoms with E-state index in [2.05, 4.69) is 188 Å². The van der Waals surface area contributed by atoms with Gasteiger partial charge in [0.1, 0.15) is 11.6 Å². The van der Waals surface area contributed by atoms with Crippen LogP contribution in [0.5, 0.6) is 5.75 Å². The molecule has 59 heavy (non-hydrogen) atoms. The molecular weight excluding hydrogens is 902 g/mol. The van der Waals surface area contributed by atoms with Crippen molar-refractivity contribution in [1.82, 2.24) is 14.5 Å². The SMILES string of the molecule is CC(C)(C)c1ccc(-c2ccnc(-c3[c-]c(-c4cccc5c4nc(-c4ccccc4O)n5-c4cc(-c5ccccc5)cc(C(C)(C)C)c4)cc(C(C)(C)C)c3)c2)cc1.[Pt]. The summed E-state index contributed by atoms with van der Waals surface area (Å²) in [6.07, 6.45) is 1.90. The molecule has 0 fully saturated rings. The second kappa shape index (κ2) is 15.9. The third-order valence-corrected chi connectivity index (χ3v) is 11.1. The van der Waals surface area contributed by atoms with Gasteiger partial charge < -0.3 is 5.11 Å². The standard InChI is InChI=1S/C54H52N3O.Pt/c1-52(2,3)41-24-22-36(23-25-41)37-26-27-55-47(33-37)40-28-39(30-42(31-40)53(4,5)6)45-19-15-20-48-50(45)56-51(46-18-13-14-21-49(46)58)57(48)44-32-38(35-16-11-10-12-17-35)29-43(34-44)54(7,8)9;/h10-27,29-34,58H,1-9H3;/q-1;. The normalized spacial score (nSPS) is 12.1. The topological polar surface area (TPSA) is 50.9 Å². The van der Waals surface area contributed by atoms with Gasteiger partial charge in [-0.1, -0.05) is 164 Å². The van der Waals surface area contributed by atoms with Crippen molar-refractivity contribution in [3.05, 3.63) is 168 Å². The number of aromatic hydroxyl groups is 1. The first kappa shape index (κ1) is 41.6. The number of para-hydroxylation sites is 2. The number of phenolic OH excluding ortho intramolecular Hbond substituents is 1. The molecule has 5 heteroatoms. The van der Waals surface area contributed by atoms with E-state index in [9.17, 15) is 5.11 Å². The number of aromatic nitrogens is 3. The molecule has 0 spiro atoms. The van der Waals surface area contributed by atoms with Crippen molar-refractivity contribution in [2.24, 2.45) is 0 Å². The fourth-order valence-corrected chi connectivity index (χ4v) is 7.60. The molecule has 300 valence electrons. The minimum Gasteiger partial charge on any atom is -0.507 e. The van der Waals surface area contributed by atoms with Gasteiger partial charge in [0.15, 0.2) is 0 Å². The second-order valence-electron chi connectivity index (χ2n) is 18.5. The first-order valence-corrected chi connectivity index (χ1v) is 20.2. The van der Waals surface area contributed by atoms with Gasteiger partial charge in [0, 0.05) is 38.6 Å². The molecule has 0 atom stereocenters. The van der Waals surface area contributed by atoms with E-state index >= 15 is 0 Å². The van der Waals surface area contributed by atoms with Crippen LogP contribution in [0.3, 0.4) is 0 Å². The Morgan fingerprint density at radius 1 is 0.508 bits per heavy atom. The molecule has 1 N–H and O–H groups in total. The maximum Gasteiger partial charge on any atom is 0.148 e. The van der Waals surface area contributed by atoms with Gasteiger partial charge >= 0.3 is 0 Å². The number of pyridine rings is 1. The first-order valence-electron chi connectivity index (χ1n) is 20.2. The zero-order chi connectivity index (χ0) is 41.0. The molecule has 6 aromatic carbocycles. The number of benzene rings is 6. The Bertz CT molecular complexity index is 2780. The third-order valence-electron chi connectivity index (χ3n) is 11.1. The number of nitrogens with zero attached hydrogens (tertiary/aromatic N) is 3. The summed E-state index contributed by atoms with van der Waals surface area (Å²) in [5.41, 5.74) is 15.2. The van der Waals surface area contributed by atoms with Crippen LogP contribution >= 0.6 is 0 Å². The Morgan fingerprint density at radius 2 is 1.12 bits per heavy atom. The van der Waals surface area contributed by atoms with E-state index in [1.54, 1.807) is 6.07 Å². The average Bonchev–Trinajstić information content (AvgIpc) is 3.60. The van der Waals surface area contributed by atoms with Gasteiger partial charge in [-0.05, 0) is 86.0 Å². The van der Waals surface area contributed by atoms with Crippen LogP contribution in [0.4, 0.5) is 0 Å². The van der Waals surface area contributed by atoms with Crippen molar-refractivity contribution in [1.29, 1.82) is 0 Å². The van der Waals surface area contributed by atoms with E-state index in [1.807, 2.05) is 24.4 Å². The van der Waals surface area contributed by atoms with Crippen molar-refractivity contribution >= 4 is 11.0 Å². The van der Waals surface area contributed by atoms with E-state index in [0.717, 1.165) is 61.4 Å². The summed E-state index contributed by atoms with van der Waals surface area (Å²) in [6, 6.07) is 52.6. The molecule has 2 aromatic heterocycles. The van der Waals surface area contributed by atoms with Crippen LogP contribution < -0.4 is 0 Å². The second-order valence-corrected chi connectivity index (χ2v) is 18.5. The predicted molar refractivity (Wildman–Crippen MR) is 243 cm³/mol. The van der Waals surface area contributed by atoms with Crippen molar-refractivity contribution < 1.29 is 26.2 Å². The monoisotopic (exact) mass is 953 g/mol. The number of hydrogen-bond donors (Lipinski definition) is 1. The molecule has 0 bridgehead atoms. The molecule has 0 saturated heterocycles. The smallest absolute Gasteiger partial charge is 0.148 e. The molecule has 0 radical (unpaired) electrons. The largest absolute Gasteiger partial charge is 0.507 e. The maximum absolute atomic E-state index is 11.3. The number of rotatable bonds is 6. The molecule has 0 aliphatic rings. The van der Waals surface area contributed by atoms with Crippen LogP contribution in [0, 0.1) is 6.07 Å². The Labute approximate surface area is 364 Å². The zero-order valence-electron chi connectivity index (χ0n) is 35.5. The van der Waals surface area contributed by atoms with Crippen LogP contribution in [-0.4, -0.2) is 19.6 Å². The summed E-state index contributed by atoms with van der Waals surface area (Å²) in [4.78, 5) is 10.3. The Balaban J connectivity index is 0.00000528. The molecule has 8 aromatic rings. The summed E-state index contributed by atoms with van der Waals surface area (Å²) >= 11 is 0. The average molecular weight is 954 g/mol. The van der Waals surface area contributed by atoms with Crippen LogP contribution in [0.25, 0.3) is 72.7 Å². The zero-order valence-corrected chi connectivity index (χ0v) is 37.7. The molecule has 0 aliphatic carbocycles. The van der Waals surface area contributed by atoms with Crippen LogP contribution in [0.2, 0.25) is 0 Å². The molecule has 0 unspecified atom stereocenters. The Hall–Kier alpha value is -5.57. The molecule has 0 amide bonds. The summed E-state index contributed by atoms with van der Waals surface area (Å²) < 4.78 is 2.21. The summed E-state index contributed by atoms with van der Waals surface area (Å²) in [6.45, 7) is 20.2. The van der Waals surface area contributed by atoms with E-state index in [1.165, 1.54) is 16.7 Å².